The fourth-order valence-corrected chi connectivity index (χ4v) is 2.50. The van der Waals surface area contributed by atoms with Gasteiger partial charge in [0.15, 0.2) is 6.10 Å². The Morgan fingerprint density at radius 2 is 1.80 bits per heavy atom. The van der Waals surface area contributed by atoms with E-state index in [1.807, 2.05) is 24.3 Å². The normalized spacial score (nSPS) is 11.9. The average Bonchev–Trinajstić information content (AvgIpc) is 2.56. The maximum atomic E-state index is 12.4. The van der Waals surface area contributed by atoms with Crippen LogP contribution < -0.4 is 10.1 Å². The third-order valence-electron chi connectivity index (χ3n) is 3.97. The summed E-state index contributed by atoms with van der Waals surface area (Å²) in [6, 6.07) is 12.2. The summed E-state index contributed by atoms with van der Waals surface area (Å²) < 4.78 is 5.81. The summed E-state index contributed by atoms with van der Waals surface area (Å²) in [7, 11) is 0. The molecule has 0 radical (unpaired) electrons. The van der Waals surface area contributed by atoms with Gasteiger partial charge in [-0.3, -0.25) is 14.9 Å². The molecule has 6 nitrogen and oxygen atoms in total. The molecule has 1 unspecified atom stereocenters. The second-order valence-corrected chi connectivity index (χ2v) is 6.15. The maximum absolute atomic E-state index is 12.4. The van der Waals surface area contributed by atoms with Crippen LogP contribution in [-0.2, 0) is 4.79 Å². The smallest absolute Gasteiger partial charge is 0.274 e. The predicted molar refractivity (Wildman–Crippen MR) is 97.1 cm³/mol. The number of amides is 1. The van der Waals surface area contributed by atoms with Crippen LogP contribution in [0.15, 0.2) is 42.5 Å². The van der Waals surface area contributed by atoms with Gasteiger partial charge in [0, 0.05) is 6.07 Å². The number of anilines is 1. The van der Waals surface area contributed by atoms with Crippen molar-refractivity contribution in [2.24, 2.45) is 0 Å². The van der Waals surface area contributed by atoms with Crippen LogP contribution >= 0.6 is 0 Å². The molecule has 0 heterocycles. The number of rotatable bonds is 6. The highest BCUT2D eigenvalue weighted by Crippen LogP contribution is 2.28. The van der Waals surface area contributed by atoms with Crippen molar-refractivity contribution in [1.82, 2.24) is 0 Å². The Labute approximate surface area is 147 Å². The van der Waals surface area contributed by atoms with Crippen LogP contribution in [0.4, 0.5) is 11.4 Å². The lowest BCUT2D eigenvalue weighted by atomic mass is 10.0. The SMILES string of the molecule is Cc1c(NC(=O)C(C)Oc2ccccc2C(C)C)cccc1[N+](=O)[O-]. The van der Waals surface area contributed by atoms with Gasteiger partial charge in [0.2, 0.25) is 0 Å². The summed E-state index contributed by atoms with van der Waals surface area (Å²) in [5, 5.41) is 13.7. The monoisotopic (exact) mass is 342 g/mol. The number of carbonyl (C=O) groups is 1. The van der Waals surface area contributed by atoms with Crippen molar-refractivity contribution in [2.45, 2.75) is 39.7 Å². The number of para-hydroxylation sites is 1. The fourth-order valence-electron chi connectivity index (χ4n) is 2.50. The molecule has 25 heavy (non-hydrogen) atoms. The molecule has 0 aliphatic carbocycles. The molecular formula is C19H22N2O4. The summed E-state index contributed by atoms with van der Waals surface area (Å²) in [4.78, 5) is 23.0. The lowest BCUT2D eigenvalue weighted by Crippen LogP contribution is -2.30. The number of nitrogens with zero attached hydrogens (tertiary/aromatic N) is 1. The van der Waals surface area contributed by atoms with Crippen LogP contribution in [0.1, 0.15) is 37.8 Å². The molecule has 132 valence electrons. The van der Waals surface area contributed by atoms with Gasteiger partial charge in [-0.1, -0.05) is 38.1 Å². The van der Waals surface area contributed by atoms with Crippen LogP contribution in [0.25, 0.3) is 0 Å². The van der Waals surface area contributed by atoms with E-state index in [1.165, 1.54) is 6.07 Å². The van der Waals surface area contributed by atoms with E-state index < -0.39 is 11.0 Å². The summed E-state index contributed by atoms with van der Waals surface area (Å²) in [5.41, 5.74) is 1.81. The highest BCUT2D eigenvalue weighted by atomic mass is 16.6. The zero-order chi connectivity index (χ0) is 18.6. The largest absolute Gasteiger partial charge is 0.481 e. The van der Waals surface area contributed by atoms with Crippen molar-refractivity contribution in [3.05, 3.63) is 63.7 Å². The number of nitro benzene ring substituents is 1. The van der Waals surface area contributed by atoms with E-state index in [4.69, 9.17) is 4.74 Å². The van der Waals surface area contributed by atoms with E-state index >= 15 is 0 Å². The Morgan fingerprint density at radius 1 is 1.12 bits per heavy atom. The van der Waals surface area contributed by atoms with E-state index in [1.54, 1.807) is 26.0 Å². The number of ether oxygens (including phenoxy) is 1. The topological polar surface area (TPSA) is 81.5 Å². The number of nitro groups is 1. The first-order valence-corrected chi connectivity index (χ1v) is 8.11. The molecule has 0 spiro atoms. The van der Waals surface area contributed by atoms with Crippen LogP contribution in [-0.4, -0.2) is 16.9 Å². The van der Waals surface area contributed by atoms with E-state index in [0.717, 1.165) is 5.56 Å². The highest BCUT2D eigenvalue weighted by Gasteiger charge is 2.20. The molecule has 0 bridgehead atoms. The number of benzene rings is 2. The molecule has 1 amide bonds. The fraction of sp³-hybridized carbons (Fsp3) is 0.316. The van der Waals surface area contributed by atoms with Gasteiger partial charge in [-0.15, -0.1) is 0 Å². The molecule has 2 rings (SSSR count). The minimum atomic E-state index is -0.737. The van der Waals surface area contributed by atoms with Crippen molar-refractivity contribution in [3.8, 4) is 5.75 Å². The third kappa shape index (κ3) is 4.35. The number of hydrogen-bond donors (Lipinski definition) is 1. The maximum Gasteiger partial charge on any atom is 0.274 e. The second kappa shape index (κ2) is 7.79. The Morgan fingerprint density at radius 3 is 2.44 bits per heavy atom. The molecule has 0 aliphatic heterocycles. The molecule has 0 saturated heterocycles. The Balaban J connectivity index is 2.14. The van der Waals surface area contributed by atoms with E-state index in [0.29, 0.717) is 17.0 Å². The van der Waals surface area contributed by atoms with Crippen LogP contribution in [0, 0.1) is 17.0 Å². The minimum absolute atomic E-state index is 0.0310. The Bertz CT molecular complexity index is 787. The van der Waals surface area contributed by atoms with Crippen LogP contribution in [0.5, 0.6) is 5.75 Å². The predicted octanol–water partition coefficient (Wildman–Crippen LogP) is 4.43. The first-order chi connectivity index (χ1) is 11.8. The van der Waals surface area contributed by atoms with Crippen LogP contribution in [0.2, 0.25) is 0 Å². The molecule has 1 N–H and O–H groups in total. The summed E-state index contributed by atoms with van der Waals surface area (Å²) in [5.74, 6) is 0.573. The molecule has 0 aromatic heterocycles. The first-order valence-electron chi connectivity index (χ1n) is 8.11. The number of nitrogens with one attached hydrogen (secondary N) is 1. The zero-order valence-corrected chi connectivity index (χ0v) is 14.8. The van der Waals surface area contributed by atoms with Crippen molar-refractivity contribution in [1.29, 1.82) is 0 Å². The lowest BCUT2D eigenvalue weighted by Gasteiger charge is -2.19. The van der Waals surface area contributed by atoms with E-state index in [2.05, 4.69) is 19.2 Å². The van der Waals surface area contributed by atoms with Gasteiger partial charge in [0.1, 0.15) is 5.75 Å². The second-order valence-electron chi connectivity index (χ2n) is 6.15. The average molecular weight is 342 g/mol. The van der Waals surface area contributed by atoms with Gasteiger partial charge in [0.05, 0.1) is 16.2 Å². The van der Waals surface area contributed by atoms with Gasteiger partial charge in [-0.05, 0) is 37.5 Å². The third-order valence-corrected chi connectivity index (χ3v) is 3.97. The highest BCUT2D eigenvalue weighted by molar-refractivity contribution is 5.95. The molecule has 2 aromatic carbocycles. The van der Waals surface area contributed by atoms with Crippen LogP contribution in [0.3, 0.4) is 0 Å². The lowest BCUT2D eigenvalue weighted by molar-refractivity contribution is -0.385. The number of carbonyl (C=O) groups excluding carboxylic acids is 1. The molecule has 0 fully saturated rings. The van der Waals surface area contributed by atoms with Gasteiger partial charge >= 0.3 is 0 Å². The minimum Gasteiger partial charge on any atom is -0.481 e. The molecule has 0 aliphatic rings. The molecule has 6 heteroatoms. The summed E-state index contributed by atoms with van der Waals surface area (Å²) in [6.45, 7) is 7.37. The summed E-state index contributed by atoms with van der Waals surface area (Å²) in [6.07, 6.45) is -0.737. The van der Waals surface area contributed by atoms with Crippen molar-refractivity contribution in [3.63, 3.8) is 0 Å². The van der Waals surface area contributed by atoms with Gasteiger partial charge < -0.3 is 10.1 Å². The quantitative estimate of drug-likeness (QED) is 0.622. The van der Waals surface area contributed by atoms with Crippen molar-refractivity contribution >= 4 is 17.3 Å². The number of hydrogen-bond acceptors (Lipinski definition) is 4. The Kier molecular flexibility index (Phi) is 5.75. The molecule has 1 atom stereocenters. The molecule has 0 saturated carbocycles. The van der Waals surface area contributed by atoms with E-state index in [9.17, 15) is 14.9 Å². The van der Waals surface area contributed by atoms with E-state index in [-0.39, 0.29) is 17.5 Å². The van der Waals surface area contributed by atoms with Crippen molar-refractivity contribution in [2.75, 3.05) is 5.32 Å². The Hall–Kier alpha value is -2.89. The standard InChI is InChI=1S/C19H22N2O4/c1-12(2)15-8-5-6-11-18(15)25-14(4)19(22)20-16-9-7-10-17(13(16)3)21(23)24/h5-12,14H,1-4H3,(H,20,22). The summed E-state index contributed by atoms with van der Waals surface area (Å²) >= 11 is 0. The zero-order valence-electron chi connectivity index (χ0n) is 14.8. The molecule has 2 aromatic rings. The van der Waals surface area contributed by atoms with Gasteiger partial charge in [0.25, 0.3) is 11.6 Å². The van der Waals surface area contributed by atoms with Gasteiger partial charge in [-0.25, -0.2) is 0 Å². The van der Waals surface area contributed by atoms with Crippen molar-refractivity contribution < 1.29 is 14.5 Å². The molecular weight excluding hydrogens is 320 g/mol. The van der Waals surface area contributed by atoms with Gasteiger partial charge in [-0.2, -0.15) is 0 Å². The first kappa shape index (κ1) is 18.4.